The summed E-state index contributed by atoms with van der Waals surface area (Å²) in [7, 11) is 0. The van der Waals surface area contributed by atoms with Gasteiger partial charge in [-0.3, -0.25) is 9.89 Å². The highest BCUT2D eigenvalue weighted by Gasteiger charge is 2.21. The molecule has 4 nitrogen and oxygen atoms in total. The number of hydrogen-bond donors (Lipinski definition) is 2. The van der Waals surface area contributed by atoms with Crippen molar-refractivity contribution in [3.05, 3.63) is 35.0 Å². The van der Waals surface area contributed by atoms with E-state index in [1.807, 2.05) is 24.3 Å². The number of hydrogen-bond acceptors (Lipinski definition) is 2. The summed E-state index contributed by atoms with van der Waals surface area (Å²) in [5, 5.41) is 11.3. The van der Waals surface area contributed by atoms with Crippen LogP contribution in [0.25, 0.3) is 11.3 Å². The van der Waals surface area contributed by atoms with Gasteiger partial charge in [0.25, 0.3) is 0 Å². The molecular weight excluding hydrogens is 322 g/mol. The monoisotopic (exact) mass is 345 g/mol. The van der Waals surface area contributed by atoms with Gasteiger partial charge in [-0.2, -0.15) is 5.10 Å². The third-order valence-electron chi connectivity index (χ3n) is 4.65. The Kier molecular flexibility index (Phi) is 5.56. The number of carbonyl (C=O) groups is 1. The van der Waals surface area contributed by atoms with Crippen LogP contribution in [0.2, 0.25) is 5.02 Å². The summed E-state index contributed by atoms with van der Waals surface area (Å²) < 4.78 is 0. The van der Waals surface area contributed by atoms with Gasteiger partial charge in [-0.25, -0.2) is 0 Å². The number of nitrogens with zero attached hydrogens (tertiary/aromatic N) is 1. The Balaban J connectivity index is 1.83. The van der Waals surface area contributed by atoms with Crippen LogP contribution in [-0.4, -0.2) is 16.1 Å². The SMILES string of the molecule is CCCc1[nH]nc(-c2cccc(Cl)c2)c1NC(=O)CC1CCCC1. The highest BCUT2D eigenvalue weighted by atomic mass is 35.5. The summed E-state index contributed by atoms with van der Waals surface area (Å²) in [4.78, 5) is 12.5. The van der Waals surface area contributed by atoms with Gasteiger partial charge < -0.3 is 5.32 Å². The molecule has 1 aliphatic carbocycles. The van der Waals surface area contributed by atoms with Gasteiger partial charge in [0.05, 0.1) is 11.4 Å². The molecule has 0 aliphatic heterocycles. The van der Waals surface area contributed by atoms with Crippen molar-refractivity contribution in [3.8, 4) is 11.3 Å². The number of benzene rings is 1. The highest BCUT2D eigenvalue weighted by Crippen LogP contribution is 2.32. The summed E-state index contributed by atoms with van der Waals surface area (Å²) >= 11 is 6.11. The van der Waals surface area contributed by atoms with Crippen LogP contribution >= 0.6 is 11.6 Å². The quantitative estimate of drug-likeness (QED) is 0.755. The molecule has 0 atom stereocenters. The van der Waals surface area contributed by atoms with Gasteiger partial charge in [0.15, 0.2) is 0 Å². The van der Waals surface area contributed by atoms with E-state index < -0.39 is 0 Å². The number of aromatic amines is 1. The Hall–Kier alpha value is -1.81. The highest BCUT2D eigenvalue weighted by molar-refractivity contribution is 6.30. The van der Waals surface area contributed by atoms with Gasteiger partial charge in [-0.15, -0.1) is 0 Å². The molecule has 1 aromatic heterocycles. The van der Waals surface area contributed by atoms with E-state index in [-0.39, 0.29) is 5.91 Å². The third kappa shape index (κ3) is 3.99. The van der Waals surface area contributed by atoms with Gasteiger partial charge in [-0.05, 0) is 37.3 Å². The second-order valence-corrected chi connectivity index (χ2v) is 7.03. The third-order valence-corrected chi connectivity index (χ3v) is 4.89. The summed E-state index contributed by atoms with van der Waals surface area (Å²) in [6.45, 7) is 2.12. The zero-order valence-electron chi connectivity index (χ0n) is 14.1. The maximum Gasteiger partial charge on any atom is 0.224 e. The van der Waals surface area contributed by atoms with Crippen LogP contribution in [-0.2, 0) is 11.2 Å². The lowest BCUT2D eigenvalue weighted by atomic mass is 10.0. The van der Waals surface area contributed by atoms with Crippen molar-refractivity contribution in [2.24, 2.45) is 5.92 Å². The Labute approximate surface area is 148 Å². The molecule has 1 aromatic carbocycles. The number of carbonyl (C=O) groups excluding carboxylic acids is 1. The molecule has 2 aromatic rings. The molecule has 1 fully saturated rings. The Morgan fingerprint density at radius 1 is 1.38 bits per heavy atom. The maximum atomic E-state index is 12.5. The minimum absolute atomic E-state index is 0.0870. The lowest BCUT2D eigenvalue weighted by molar-refractivity contribution is -0.117. The number of aryl methyl sites for hydroxylation is 1. The van der Waals surface area contributed by atoms with Crippen molar-refractivity contribution in [1.82, 2.24) is 10.2 Å². The zero-order chi connectivity index (χ0) is 16.9. The predicted molar refractivity (Wildman–Crippen MR) is 98.2 cm³/mol. The number of halogens is 1. The number of rotatable bonds is 6. The van der Waals surface area contributed by atoms with Gasteiger partial charge in [-0.1, -0.05) is 49.9 Å². The average Bonchev–Trinajstić information content (AvgIpc) is 3.18. The van der Waals surface area contributed by atoms with Crippen molar-refractivity contribution >= 4 is 23.2 Å². The van der Waals surface area contributed by atoms with Gasteiger partial charge >= 0.3 is 0 Å². The fourth-order valence-corrected chi connectivity index (χ4v) is 3.65. The molecule has 1 aliphatic rings. The largest absolute Gasteiger partial charge is 0.323 e. The summed E-state index contributed by atoms with van der Waals surface area (Å²) in [5.74, 6) is 0.616. The van der Waals surface area contributed by atoms with Gasteiger partial charge in [0.1, 0.15) is 5.69 Å². The van der Waals surface area contributed by atoms with Gasteiger partial charge in [0, 0.05) is 17.0 Å². The van der Waals surface area contributed by atoms with Crippen molar-refractivity contribution < 1.29 is 4.79 Å². The lowest BCUT2D eigenvalue weighted by Crippen LogP contribution is -2.16. The molecule has 128 valence electrons. The Bertz CT molecular complexity index is 704. The number of H-pyrrole nitrogens is 1. The average molecular weight is 346 g/mol. The smallest absolute Gasteiger partial charge is 0.224 e. The van der Waals surface area contributed by atoms with E-state index in [1.54, 1.807) is 0 Å². The van der Waals surface area contributed by atoms with E-state index in [4.69, 9.17) is 11.6 Å². The zero-order valence-corrected chi connectivity index (χ0v) is 14.8. The predicted octanol–water partition coefficient (Wildman–Crippen LogP) is 5.20. The molecule has 2 N–H and O–H groups in total. The van der Waals surface area contributed by atoms with E-state index in [0.29, 0.717) is 17.4 Å². The van der Waals surface area contributed by atoms with Crippen LogP contribution in [0.5, 0.6) is 0 Å². The number of nitrogens with one attached hydrogen (secondary N) is 2. The van der Waals surface area contributed by atoms with Crippen LogP contribution in [0.4, 0.5) is 5.69 Å². The first-order chi connectivity index (χ1) is 11.7. The molecule has 3 rings (SSSR count). The minimum atomic E-state index is 0.0870. The van der Waals surface area contributed by atoms with Crippen LogP contribution < -0.4 is 5.32 Å². The maximum absolute atomic E-state index is 12.5. The van der Waals surface area contributed by atoms with Gasteiger partial charge in [0.2, 0.25) is 5.91 Å². The first kappa shape index (κ1) is 17.0. The van der Waals surface area contributed by atoms with E-state index in [1.165, 1.54) is 25.7 Å². The summed E-state index contributed by atoms with van der Waals surface area (Å²) in [5.41, 5.74) is 3.47. The summed E-state index contributed by atoms with van der Waals surface area (Å²) in [6, 6.07) is 7.57. The second kappa shape index (κ2) is 7.84. The Morgan fingerprint density at radius 3 is 2.88 bits per heavy atom. The van der Waals surface area contributed by atoms with Crippen molar-refractivity contribution in [2.75, 3.05) is 5.32 Å². The molecule has 0 bridgehead atoms. The first-order valence-electron chi connectivity index (χ1n) is 8.80. The topological polar surface area (TPSA) is 57.8 Å². The molecule has 0 spiro atoms. The van der Waals surface area contributed by atoms with E-state index in [2.05, 4.69) is 22.4 Å². The molecule has 1 amide bonds. The molecule has 5 heteroatoms. The van der Waals surface area contributed by atoms with Crippen molar-refractivity contribution in [2.45, 2.75) is 51.9 Å². The van der Waals surface area contributed by atoms with Crippen LogP contribution in [0.15, 0.2) is 24.3 Å². The lowest BCUT2D eigenvalue weighted by Gasteiger charge is -2.11. The number of aromatic nitrogens is 2. The molecule has 24 heavy (non-hydrogen) atoms. The fraction of sp³-hybridized carbons (Fsp3) is 0.474. The van der Waals surface area contributed by atoms with Crippen LogP contribution in [0, 0.1) is 5.92 Å². The molecule has 0 saturated heterocycles. The molecule has 1 heterocycles. The second-order valence-electron chi connectivity index (χ2n) is 6.59. The van der Waals surface area contributed by atoms with Crippen molar-refractivity contribution in [1.29, 1.82) is 0 Å². The minimum Gasteiger partial charge on any atom is -0.323 e. The molecular formula is C19H24ClN3O. The van der Waals surface area contributed by atoms with Crippen molar-refractivity contribution in [3.63, 3.8) is 0 Å². The number of amides is 1. The van der Waals surface area contributed by atoms with Crippen LogP contribution in [0.3, 0.4) is 0 Å². The number of anilines is 1. The van der Waals surface area contributed by atoms with E-state index in [9.17, 15) is 4.79 Å². The first-order valence-corrected chi connectivity index (χ1v) is 9.18. The molecule has 0 unspecified atom stereocenters. The van der Waals surface area contributed by atoms with E-state index in [0.717, 1.165) is 35.5 Å². The summed E-state index contributed by atoms with van der Waals surface area (Å²) in [6.07, 6.45) is 7.28. The standard InChI is InChI=1S/C19H24ClN3O/c1-2-6-16-19(21-17(24)11-13-7-3-4-8-13)18(23-22-16)14-9-5-10-15(20)12-14/h5,9-10,12-13H,2-4,6-8,11H2,1H3,(H,21,24)(H,22,23). The fourth-order valence-electron chi connectivity index (χ4n) is 3.46. The Morgan fingerprint density at radius 2 is 2.17 bits per heavy atom. The van der Waals surface area contributed by atoms with E-state index >= 15 is 0 Å². The molecule has 1 saturated carbocycles. The van der Waals surface area contributed by atoms with Crippen LogP contribution in [0.1, 0.15) is 51.1 Å². The molecule has 0 radical (unpaired) electrons. The normalized spacial score (nSPS) is 14.9.